The van der Waals surface area contributed by atoms with Crippen LogP contribution in [0.1, 0.15) is 74.6 Å². The van der Waals surface area contributed by atoms with Crippen molar-refractivity contribution in [3.05, 3.63) is 30.1 Å². The summed E-state index contributed by atoms with van der Waals surface area (Å²) in [4.78, 5) is 19.2. The van der Waals surface area contributed by atoms with Crippen LogP contribution in [0.3, 0.4) is 0 Å². The number of nitrogens with zero attached hydrogens (tertiary/aromatic N) is 1. The minimum absolute atomic E-state index is 0.0816. The third-order valence-electron chi connectivity index (χ3n) is 6.06. The van der Waals surface area contributed by atoms with Gasteiger partial charge in [-0.1, -0.05) is 0 Å². The van der Waals surface area contributed by atoms with Gasteiger partial charge < -0.3 is 0 Å². The molecule has 3 nitrogen and oxygen atoms in total. The van der Waals surface area contributed by atoms with Crippen molar-refractivity contribution in [2.75, 3.05) is 0 Å². The summed E-state index contributed by atoms with van der Waals surface area (Å²) in [5.74, 6) is -0.0816. The van der Waals surface area contributed by atoms with Crippen molar-refractivity contribution in [3.63, 3.8) is 0 Å². The Labute approximate surface area is 144 Å². The summed E-state index contributed by atoms with van der Waals surface area (Å²) in [7, 11) is 0. The van der Waals surface area contributed by atoms with Crippen molar-refractivity contribution in [2.24, 2.45) is 0 Å². The monoisotopic (exact) mass is 423 g/mol. The molecule has 2 saturated carbocycles. The van der Waals surface area contributed by atoms with Crippen LogP contribution in [-0.4, -0.2) is 29.7 Å². The van der Waals surface area contributed by atoms with Gasteiger partial charge in [-0.3, -0.25) is 0 Å². The third-order valence-corrected chi connectivity index (χ3v) is 20.4. The molecule has 0 spiro atoms. The average Bonchev–Trinajstić information content (AvgIpc) is 2.64. The predicted molar refractivity (Wildman–Crippen MR) is 94.9 cm³/mol. The van der Waals surface area contributed by atoms with E-state index in [-0.39, 0.29) is 5.97 Å². The molecule has 0 bridgehead atoms. The van der Waals surface area contributed by atoms with E-state index in [1.54, 1.807) is 24.5 Å². The number of hydrogen-bond acceptors (Lipinski definition) is 3. The van der Waals surface area contributed by atoms with Gasteiger partial charge in [-0.25, -0.2) is 0 Å². The van der Waals surface area contributed by atoms with Crippen molar-refractivity contribution in [3.8, 4) is 0 Å². The number of carbonyl (C=O) groups is 1. The van der Waals surface area contributed by atoms with Gasteiger partial charge in [0.05, 0.1) is 0 Å². The van der Waals surface area contributed by atoms with Gasteiger partial charge in [-0.05, 0) is 0 Å². The van der Waals surface area contributed by atoms with Gasteiger partial charge in [-0.15, -0.1) is 0 Å². The normalized spacial score (nSPS) is 21.1. The first kappa shape index (κ1) is 17.2. The molecular weight excluding hydrogens is 393 g/mol. The summed E-state index contributed by atoms with van der Waals surface area (Å²) in [5.41, 5.74) is 0.676. The van der Waals surface area contributed by atoms with Gasteiger partial charge in [0.2, 0.25) is 0 Å². The predicted octanol–water partition coefficient (Wildman–Crippen LogP) is 5.48. The molecule has 0 N–H and O–H groups in total. The zero-order valence-corrected chi connectivity index (χ0v) is 17.2. The van der Waals surface area contributed by atoms with E-state index in [9.17, 15) is 4.79 Å². The van der Waals surface area contributed by atoms with Gasteiger partial charge in [0, 0.05) is 0 Å². The van der Waals surface area contributed by atoms with Crippen LogP contribution in [0, 0.1) is 0 Å². The van der Waals surface area contributed by atoms with Gasteiger partial charge in [0.25, 0.3) is 0 Å². The molecule has 0 atom stereocenters. The van der Waals surface area contributed by atoms with E-state index < -0.39 is 18.8 Å². The van der Waals surface area contributed by atoms with E-state index in [4.69, 9.17) is 3.07 Å². The second kappa shape index (κ2) is 8.00. The molecule has 126 valence electrons. The third kappa shape index (κ3) is 4.09. The Morgan fingerprint density at radius 1 is 0.957 bits per heavy atom. The second-order valence-electron chi connectivity index (χ2n) is 7.48. The van der Waals surface area contributed by atoms with Gasteiger partial charge in [0.15, 0.2) is 0 Å². The van der Waals surface area contributed by atoms with Crippen LogP contribution in [0.25, 0.3) is 0 Å². The quantitative estimate of drug-likeness (QED) is 0.604. The van der Waals surface area contributed by atoms with Crippen molar-refractivity contribution in [1.29, 1.82) is 0 Å². The van der Waals surface area contributed by atoms with Crippen LogP contribution in [-0.2, 0) is 3.07 Å². The van der Waals surface area contributed by atoms with Crippen LogP contribution in [0.2, 0.25) is 12.8 Å². The van der Waals surface area contributed by atoms with Crippen molar-refractivity contribution in [2.45, 2.75) is 77.0 Å². The summed E-state index contributed by atoms with van der Waals surface area (Å²) in [6.07, 6.45) is 16.6. The fraction of sp³-hybridized carbons (Fsp3) is 0.684. The molecule has 1 aromatic rings. The molecule has 3 rings (SSSR count). The van der Waals surface area contributed by atoms with Crippen molar-refractivity contribution < 1.29 is 7.87 Å². The first-order valence-electron chi connectivity index (χ1n) is 9.33. The molecule has 2 aliphatic carbocycles. The summed E-state index contributed by atoms with van der Waals surface area (Å²) in [6, 6.07) is 3.58. The van der Waals surface area contributed by atoms with Crippen LogP contribution < -0.4 is 0 Å². The molecule has 0 saturated heterocycles. The van der Waals surface area contributed by atoms with Crippen LogP contribution in [0.15, 0.2) is 24.5 Å². The molecular formula is C19H29NO2Sn. The molecule has 0 aliphatic heterocycles. The molecule has 2 aliphatic rings. The topological polar surface area (TPSA) is 39.2 Å². The van der Waals surface area contributed by atoms with Crippen LogP contribution >= 0.6 is 0 Å². The van der Waals surface area contributed by atoms with E-state index in [1.165, 1.54) is 64.2 Å². The fourth-order valence-electron chi connectivity index (χ4n) is 4.60. The Balaban J connectivity index is 1.80. The number of pyridine rings is 1. The minimum atomic E-state index is -2.96. The van der Waals surface area contributed by atoms with E-state index >= 15 is 0 Å². The van der Waals surface area contributed by atoms with Crippen molar-refractivity contribution >= 4 is 24.8 Å². The molecule has 23 heavy (non-hydrogen) atoms. The van der Waals surface area contributed by atoms with Gasteiger partial charge in [-0.2, -0.15) is 0 Å². The summed E-state index contributed by atoms with van der Waals surface area (Å²) < 4.78 is 7.90. The molecule has 0 amide bonds. The number of carbonyl (C=O) groups excluding carboxylic acids is 1. The first-order chi connectivity index (χ1) is 11.2. The van der Waals surface area contributed by atoms with Gasteiger partial charge in [0.1, 0.15) is 0 Å². The molecule has 1 heterocycles. The number of rotatable bonds is 4. The number of hydrogen-bond donors (Lipinski definition) is 0. The molecule has 0 unspecified atom stereocenters. The zero-order chi connectivity index (χ0) is 16.1. The summed E-state index contributed by atoms with van der Waals surface area (Å²) >= 11 is -2.96. The fourth-order valence-corrected chi connectivity index (χ4v) is 17.8. The Morgan fingerprint density at radius 3 is 1.91 bits per heavy atom. The Hall–Kier alpha value is -0.581. The van der Waals surface area contributed by atoms with E-state index in [0.717, 1.165) is 7.87 Å². The van der Waals surface area contributed by atoms with E-state index in [0.29, 0.717) is 5.56 Å². The standard InChI is InChI=1S/C6H5NO2.2C6H11.CH3.Sn/c8-6(9)5-1-3-7-4-2-5;2*1-2-4-6-5-3-1;;/h1-4H,(H,8,9);2*1H,2-6H2;1H3;/q;;;;+1/p-1. The first-order valence-corrected chi connectivity index (χ1v) is 16.6. The maximum atomic E-state index is 12.7. The van der Waals surface area contributed by atoms with Crippen molar-refractivity contribution in [1.82, 2.24) is 4.98 Å². The number of aromatic nitrogens is 1. The molecule has 0 aromatic carbocycles. The van der Waals surface area contributed by atoms with Crippen LogP contribution in [0.5, 0.6) is 0 Å². The maximum absolute atomic E-state index is 12.7. The Morgan fingerprint density at radius 2 is 1.43 bits per heavy atom. The molecule has 1 aromatic heterocycles. The average molecular weight is 422 g/mol. The molecule has 0 radical (unpaired) electrons. The molecule has 2 fully saturated rings. The van der Waals surface area contributed by atoms with Crippen LogP contribution in [0.4, 0.5) is 0 Å². The van der Waals surface area contributed by atoms with Gasteiger partial charge >= 0.3 is 145 Å². The SMILES string of the molecule is [CH3][Sn]([O]C(=O)c1ccncc1)([CH]1CCCCC1)[CH]1CCCCC1. The Bertz CT molecular complexity index is 489. The van der Waals surface area contributed by atoms with E-state index in [2.05, 4.69) is 9.92 Å². The molecule has 4 heteroatoms. The zero-order valence-electron chi connectivity index (χ0n) is 14.3. The summed E-state index contributed by atoms with van der Waals surface area (Å²) in [5, 5.41) is 0. The summed E-state index contributed by atoms with van der Waals surface area (Å²) in [6.45, 7) is 0. The second-order valence-corrected chi connectivity index (χ2v) is 19.5. The Kier molecular flexibility index (Phi) is 6.00. The van der Waals surface area contributed by atoms with E-state index in [1.807, 2.05) is 0 Å².